The molecule has 0 atom stereocenters. The van der Waals surface area contributed by atoms with Gasteiger partial charge in [-0.25, -0.2) is 0 Å². The van der Waals surface area contributed by atoms with Crippen LogP contribution in [0.2, 0.25) is 0 Å². The van der Waals surface area contributed by atoms with E-state index in [1.165, 1.54) is 0 Å². The molecule has 0 N–H and O–H groups in total. The molecule has 6 heteroatoms. The summed E-state index contributed by atoms with van der Waals surface area (Å²) in [5, 5.41) is 53.7. The highest BCUT2D eigenvalue weighted by atomic mass is 14.4. The monoisotopic (exact) mass is 242 g/mol. The van der Waals surface area contributed by atoms with Crippen molar-refractivity contribution in [3.8, 4) is 36.4 Å². The van der Waals surface area contributed by atoms with Gasteiger partial charge in [0.1, 0.15) is 24.3 Å². The van der Waals surface area contributed by atoms with Crippen LogP contribution in [0.1, 0.15) is 33.7 Å². The number of nitriles is 6. The maximum Gasteiger partial charge on any atom is 0.160 e. The number of nitrogens with zero attached hydrogens (tertiary/aromatic N) is 6. The highest BCUT2D eigenvalue weighted by Crippen LogP contribution is 2.28. The SMILES string of the molecule is N#Cc1cc(C#N)c(C#N)c(C(C#N)C#N)c1C#N. The summed E-state index contributed by atoms with van der Waals surface area (Å²) in [4.78, 5) is 0. The van der Waals surface area contributed by atoms with E-state index in [0.29, 0.717) is 0 Å². The molecule has 0 aliphatic heterocycles. The summed E-state index contributed by atoms with van der Waals surface area (Å²) in [6.07, 6.45) is 0. The first kappa shape index (κ1) is 13.2. The fraction of sp³-hybridized carbons (Fsp3) is 0.0769. The zero-order valence-electron chi connectivity index (χ0n) is 9.34. The summed E-state index contributed by atoms with van der Waals surface area (Å²) in [6, 6.07) is 11.2. The summed E-state index contributed by atoms with van der Waals surface area (Å²) in [7, 11) is 0. The van der Waals surface area contributed by atoms with Gasteiger partial charge in [0.25, 0.3) is 0 Å². The first-order valence-electron chi connectivity index (χ1n) is 4.79. The number of benzene rings is 1. The third kappa shape index (κ3) is 2.02. The maximum absolute atomic E-state index is 9.04. The molecule has 1 aromatic rings. The largest absolute Gasteiger partial charge is 0.196 e. The summed E-state index contributed by atoms with van der Waals surface area (Å²) >= 11 is 0. The van der Waals surface area contributed by atoms with E-state index >= 15 is 0 Å². The molecule has 0 saturated heterocycles. The molecule has 0 radical (unpaired) electrons. The van der Waals surface area contributed by atoms with Gasteiger partial charge in [-0.2, -0.15) is 31.6 Å². The Labute approximate surface area is 108 Å². The van der Waals surface area contributed by atoms with Crippen LogP contribution < -0.4 is 0 Å². The zero-order chi connectivity index (χ0) is 14.4. The van der Waals surface area contributed by atoms with Gasteiger partial charge in [0.2, 0.25) is 0 Å². The van der Waals surface area contributed by atoms with Crippen molar-refractivity contribution >= 4 is 0 Å². The van der Waals surface area contributed by atoms with Crippen molar-refractivity contribution in [1.29, 1.82) is 31.6 Å². The molecule has 1 rings (SSSR count). The number of rotatable bonds is 1. The Balaban J connectivity index is 4.00. The lowest BCUT2D eigenvalue weighted by molar-refractivity contribution is 1.08. The molecule has 0 amide bonds. The third-order valence-electron chi connectivity index (χ3n) is 2.38. The van der Waals surface area contributed by atoms with E-state index in [4.69, 9.17) is 31.6 Å². The second kappa shape index (κ2) is 5.48. The fourth-order valence-corrected chi connectivity index (χ4v) is 1.57. The van der Waals surface area contributed by atoms with E-state index in [1.54, 1.807) is 36.4 Å². The lowest BCUT2D eigenvalue weighted by atomic mass is 9.86. The number of hydrogen-bond donors (Lipinski definition) is 0. The van der Waals surface area contributed by atoms with Gasteiger partial charge >= 0.3 is 0 Å². The standard InChI is InChI=1S/C13H2N6/c14-2-8-1-9(3-15)12(7-19)13(11(8)6-18)10(4-16)5-17/h1,10H. The first-order valence-corrected chi connectivity index (χ1v) is 4.79. The lowest BCUT2D eigenvalue weighted by Crippen LogP contribution is -2.05. The predicted octanol–water partition coefficient (Wildman–Crippen LogP) is 1.30. The van der Waals surface area contributed by atoms with E-state index in [0.717, 1.165) is 6.07 Å². The van der Waals surface area contributed by atoms with Gasteiger partial charge < -0.3 is 0 Å². The topological polar surface area (TPSA) is 143 Å². The summed E-state index contributed by atoms with van der Waals surface area (Å²) in [6.45, 7) is 0. The predicted molar refractivity (Wildman–Crippen MR) is 59.3 cm³/mol. The molecular formula is C13H2N6. The van der Waals surface area contributed by atoms with Crippen molar-refractivity contribution in [2.45, 2.75) is 5.92 Å². The number of hydrogen-bond acceptors (Lipinski definition) is 6. The lowest BCUT2D eigenvalue weighted by Gasteiger charge is -2.09. The van der Waals surface area contributed by atoms with Crippen LogP contribution in [0.25, 0.3) is 0 Å². The van der Waals surface area contributed by atoms with Gasteiger partial charge in [-0.1, -0.05) is 0 Å². The van der Waals surface area contributed by atoms with E-state index in [1.807, 2.05) is 0 Å². The maximum atomic E-state index is 9.04. The van der Waals surface area contributed by atoms with Crippen LogP contribution in [0, 0.1) is 68.0 Å². The van der Waals surface area contributed by atoms with E-state index < -0.39 is 5.92 Å². The molecule has 19 heavy (non-hydrogen) atoms. The molecule has 0 aliphatic rings. The van der Waals surface area contributed by atoms with Crippen molar-refractivity contribution < 1.29 is 0 Å². The normalized spacial score (nSPS) is 8.16. The minimum Gasteiger partial charge on any atom is -0.196 e. The Morgan fingerprint density at radius 2 is 1.11 bits per heavy atom. The highest BCUT2D eigenvalue weighted by molar-refractivity contribution is 5.65. The summed E-state index contributed by atoms with van der Waals surface area (Å²) < 4.78 is 0. The van der Waals surface area contributed by atoms with Crippen LogP contribution in [-0.2, 0) is 0 Å². The fourth-order valence-electron chi connectivity index (χ4n) is 1.57. The van der Waals surface area contributed by atoms with Gasteiger partial charge in [-0.3, -0.25) is 0 Å². The minimum atomic E-state index is -1.38. The van der Waals surface area contributed by atoms with Gasteiger partial charge in [0, 0.05) is 5.56 Å². The van der Waals surface area contributed by atoms with Crippen molar-refractivity contribution in [3.05, 3.63) is 33.9 Å². The van der Waals surface area contributed by atoms with Crippen molar-refractivity contribution in [2.24, 2.45) is 0 Å². The van der Waals surface area contributed by atoms with Crippen LogP contribution in [0.3, 0.4) is 0 Å². The average Bonchev–Trinajstić information content (AvgIpc) is 2.46. The molecule has 0 aromatic heterocycles. The Hall–Kier alpha value is -3.84. The zero-order valence-corrected chi connectivity index (χ0v) is 9.34. The smallest absolute Gasteiger partial charge is 0.160 e. The summed E-state index contributed by atoms with van der Waals surface area (Å²) in [5.41, 5.74) is -0.880. The second-order valence-electron chi connectivity index (χ2n) is 3.27. The van der Waals surface area contributed by atoms with Crippen LogP contribution in [0.15, 0.2) is 6.07 Å². The minimum absolute atomic E-state index is 0.136. The molecule has 6 nitrogen and oxygen atoms in total. The Morgan fingerprint density at radius 3 is 1.37 bits per heavy atom. The van der Waals surface area contributed by atoms with Gasteiger partial charge in [-0.05, 0) is 6.07 Å². The molecule has 0 unspecified atom stereocenters. The molecular weight excluding hydrogens is 240 g/mol. The van der Waals surface area contributed by atoms with Crippen LogP contribution >= 0.6 is 0 Å². The van der Waals surface area contributed by atoms with Crippen LogP contribution in [-0.4, -0.2) is 0 Å². The first-order chi connectivity index (χ1) is 9.18. The molecule has 0 fully saturated rings. The van der Waals surface area contributed by atoms with Crippen molar-refractivity contribution in [1.82, 2.24) is 0 Å². The van der Waals surface area contributed by atoms with E-state index in [9.17, 15) is 0 Å². The molecule has 0 heterocycles. The Morgan fingerprint density at radius 1 is 0.684 bits per heavy atom. The van der Waals surface area contributed by atoms with E-state index in [2.05, 4.69) is 0 Å². The second-order valence-corrected chi connectivity index (χ2v) is 3.27. The van der Waals surface area contributed by atoms with Crippen molar-refractivity contribution in [3.63, 3.8) is 0 Å². The van der Waals surface area contributed by atoms with Gasteiger partial charge in [-0.15, -0.1) is 0 Å². The van der Waals surface area contributed by atoms with Gasteiger partial charge in [0.05, 0.1) is 34.4 Å². The van der Waals surface area contributed by atoms with Crippen LogP contribution in [0.5, 0.6) is 0 Å². The molecule has 0 aliphatic carbocycles. The summed E-state index contributed by atoms with van der Waals surface area (Å²) in [5.74, 6) is -1.38. The molecule has 84 valence electrons. The van der Waals surface area contributed by atoms with Crippen molar-refractivity contribution in [2.75, 3.05) is 0 Å². The third-order valence-corrected chi connectivity index (χ3v) is 2.38. The Kier molecular flexibility index (Phi) is 3.81. The van der Waals surface area contributed by atoms with Crippen LogP contribution in [0.4, 0.5) is 0 Å². The van der Waals surface area contributed by atoms with Gasteiger partial charge in [0.15, 0.2) is 5.92 Å². The molecule has 1 aromatic carbocycles. The quantitative estimate of drug-likeness (QED) is 0.725. The highest BCUT2D eigenvalue weighted by Gasteiger charge is 2.24. The Bertz CT molecular complexity index is 729. The van der Waals surface area contributed by atoms with E-state index in [-0.39, 0.29) is 27.8 Å². The average molecular weight is 242 g/mol. The molecule has 0 saturated carbocycles. The molecule has 0 spiro atoms. The molecule has 0 bridgehead atoms.